The minimum atomic E-state index is -0.0811. The van der Waals surface area contributed by atoms with Gasteiger partial charge >= 0.3 is 0 Å². The molecule has 1 aromatic heterocycles. The molecule has 1 amide bonds. The van der Waals surface area contributed by atoms with Crippen LogP contribution in [0.3, 0.4) is 0 Å². The molecule has 1 unspecified atom stereocenters. The zero-order chi connectivity index (χ0) is 15.5. The highest BCUT2D eigenvalue weighted by Crippen LogP contribution is 2.31. The van der Waals surface area contributed by atoms with Crippen LogP contribution >= 0.6 is 0 Å². The minimum absolute atomic E-state index is 0.0811. The number of aromatic nitrogens is 1. The SMILES string of the molecule is CC1CCN(c2ccc(C(=O)NCC(N)C3CC3)cn2)CC1. The van der Waals surface area contributed by atoms with Crippen LogP contribution in [0.2, 0.25) is 0 Å². The summed E-state index contributed by atoms with van der Waals surface area (Å²) in [6.45, 7) is 4.95. The number of anilines is 1. The molecule has 1 aromatic rings. The lowest BCUT2D eigenvalue weighted by Gasteiger charge is -2.31. The molecule has 1 atom stereocenters. The molecule has 3 rings (SSSR count). The fraction of sp³-hybridized carbons (Fsp3) is 0.647. The van der Waals surface area contributed by atoms with Gasteiger partial charge in [-0.25, -0.2) is 4.98 Å². The van der Waals surface area contributed by atoms with Crippen molar-refractivity contribution < 1.29 is 4.79 Å². The van der Waals surface area contributed by atoms with Gasteiger partial charge in [0, 0.05) is 31.9 Å². The Balaban J connectivity index is 1.52. The second kappa shape index (κ2) is 6.65. The van der Waals surface area contributed by atoms with E-state index in [9.17, 15) is 4.79 Å². The van der Waals surface area contributed by atoms with Crippen LogP contribution in [-0.4, -0.2) is 36.6 Å². The summed E-state index contributed by atoms with van der Waals surface area (Å²) in [6, 6.07) is 3.90. The molecule has 5 nitrogen and oxygen atoms in total. The molecule has 0 bridgehead atoms. The number of rotatable bonds is 5. The Morgan fingerprint density at radius 3 is 2.68 bits per heavy atom. The van der Waals surface area contributed by atoms with Gasteiger partial charge in [0.15, 0.2) is 0 Å². The van der Waals surface area contributed by atoms with Crippen molar-refractivity contribution in [2.45, 2.75) is 38.6 Å². The highest BCUT2D eigenvalue weighted by molar-refractivity contribution is 5.94. The van der Waals surface area contributed by atoms with Gasteiger partial charge in [-0.2, -0.15) is 0 Å². The molecular formula is C17H26N4O. The summed E-state index contributed by atoms with van der Waals surface area (Å²) in [7, 11) is 0. The van der Waals surface area contributed by atoms with Gasteiger partial charge in [0.1, 0.15) is 5.82 Å². The number of pyridine rings is 1. The lowest BCUT2D eigenvalue weighted by atomic mass is 9.99. The summed E-state index contributed by atoms with van der Waals surface area (Å²) in [5.74, 6) is 2.29. The number of hydrogen-bond donors (Lipinski definition) is 2. The van der Waals surface area contributed by atoms with Gasteiger partial charge in [-0.1, -0.05) is 6.92 Å². The Morgan fingerprint density at radius 1 is 1.36 bits per heavy atom. The predicted molar refractivity (Wildman–Crippen MR) is 87.9 cm³/mol. The molecule has 1 aliphatic carbocycles. The van der Waals surface area contributed by atoms with Gasteiger partial charge in [0.05, 0.1) is 5.56 Å². The maximum Gasteiger partial charge on any atom is 0.252 e. The van der Waals surface area contributed by atoms with Crippen LogP contribution in [0.25, 0.3) is 0 Å². The Morgan fingerprint density at radius 2 is 2.09 bits per heavy atom. The van der Waals surface area contributed by atoms with Crippen molar-refractivity contribution in [3.05, 3.63) is 23.9 Å². The van der Waals surface area contributed by atoms with Gasteiger partial charge in [0.25, 0.3) is 5.91 Å². The van der Waals surface area contributed by atoms with E-state index in [2.05, 4.69) is 22.1 Å². The van der Waals surface area contributed by atoms with Gasteiger partial charge in [0.2, 0.25) is 0 Å². The van der Waals surface area contributed by atoms with E-state index < -0.39 is 0 Å². The predicted octanol–water partition coefficient (Wildman–Crippen LogP) is 1.79. The summed E-state index contributed by atoms with van der Waals surface area (Å²) in [6.07, 6.45) is 6.49. The largest absolute Gasteiger partial charge is 0.357 e. The van der Waals surface area contributed by atoms with Crippen molar-refractivity contribution in [1.82, 2.24) is 10.3 Å². The Kier molecular flexibility index (Phi) is 4.62. The van der Waals surface area contributed by atoms with Gasteiger partial charge in [-0.3, -0.25) is 4.79 Å². The lowest BCUT2D eigenvalue weighted by molar-refractivity contribution is 0.0950. The number of nitrogens with zero attached hydrogens (tertiary/aromatic N) is 2. The van der Waals surface area contributed by atoms with Crippen LogP contribution in [0.1, 0.15) is 43.0 Å². The molecule has 0 radical (unpaired) electrons. The summed E-state index contributed by atoms with van der Waals surface area (Å²) >= 11 is 0. The topological polar surface area (TPSA) is 71.2 Å². The summed E-state index contributed by atoms with van der Waals surface area (Å²) < 4.78 is 0. The van der Waals surface area contributed by atoms with E-state index in [1.54, 1.807) is 6.20 Å². The van der Waals surface area contributed by atoms with Gasteiger partial charge in [-0.15, -0.1) is 0 Å². The molecule has 2 heterocycles. The minimum Gasteiger partial charge on any atom is -0.357 e. The third-order valence-electron chi connectivity index (χ3n) is 4.84. The summed E-state index contributed by atoms with van der Waals surface area (Å²) in [4.78, 5) is 18.9. The maximum atomic E-state index is 12.1. The standard InChI is InChI=1S/C17H26N4O/c1-12-6-8-21(9-7-12)16-5-4-14(10-19-16)17(22)20-11-15(18)13-2-3-13/h4-5,10,12-13,15H,2-3,6-9,11,18H2,1H3,(H,20,22). The van der Waals surface area contributed by atoms with Crippen LogP contribution in [0.5, 0.6) is 0 Å². The van der Waals surface area contributed by atoms with Crippen LogP contribution < -0.4 is 16.0 Å². The van der Waals surface area contributed by atoms with E-state index in [-0.39, 0.29) is 11.9 Å². The first-order valence-electron chi connectivity index (χ1n) is 8.38. The summed E-state index contributed by atoms with van der Waals surface area (Å²) in [5.41, 5.74) is 6.61. The highest BCUT2D eigenvalue weighted by atomic mass is 16.1. The number of nitrogens with two attached hydrogens (primary N) is 1. The molecule has 120 valence electrons. The Bertz CT molecular complexity index is 504. The van der Waals surface area contributed by atoms with Crippen molar-refractivity contribution in [2.24, 2.45) is 17.6 Å². The maximum absolute atomic E-state index is 12.1. The molecule has 2 aliphatic rings. The fourth-order valence-corrected chi connectivity index (χ4v) is 2.95. The van der Waals surface area contributed by atoms with Crippen molar-refractivity contribution in [1.29, 1.82) is 0 Å². The molecule has 0 spiro atoms. The number of nitrogens with one attached hydrogen (secondary N) is 1. The van der Waals surface area contributed by atoms with Crippen LogP contribution in [0.4, 0.5) is 5.82 Å². The van der Waals surface area contributed by atoms with Gasteiger partial charge in [-0.05, 0) is 49.7 Å². The van der Waals surface area contributed by atoms with Crippen molar-refractivity contribution in [3.63, 3.8) is 0 Å². The molecule has 3 N–H and O–H groups in total. The van der Waals surface area contributed by atoms with E-state index in [1.165, 1.54) is 25.7 Å². The average Bonchev–Trinajstić information content (AvgIpc) is 3.38. The number of carbonyl (C=O) groups excluding carboxylic acids is 1. The number of hydrogen-bond acceptors (Lipinski definition) is 4. The normalized spacial score (nSPS) is 20.7. The van der Waals surface area contributed by atoms with Crippen molar-refractivity contribution >= 4 is 11.7 Å². The smallest absolute Gasteiger partial charge is 0.252 e. The van der Waals surface area contributed by atoms with E-state index >= 15 is 0 Å². The zero-order valence-corrected chi connectivity index (χ0v) is 13.3. The number of piperidine rings is 1. The van der Waals surface area contributed by atoms with E-state index in [1.807, 2.05) is 12.1 Å². The third kappa shape index (κ3) is 3.77. The lowest BCUT2D eigenvalue weighted by Crippen LogP contribution is -2.38. The van der Waals surface area contributed by atoms with Crippen LogP contribution in [0, 0.1) is 11.8 Å². The molecule has 5 heteroatoms. The summed E-state index contributed by atoms with van der Waals surface area (Å²) in [5, 5.41) is 2.91. The van der Waals surface area contributed by atoms with Crippen molar-refractivity contribution in [3.8, 4) is 0 Å². The third-order valence-corrected chi connectivity index (χ3v) is 4.84. The molecule has 1 saturated heterocycles. The molecular weight excluding hydrogens is 276 g/mol. The first-order chi connectivity index (χ1) is 10.6. The fourth-order valence-electron chi connectivity index (χ4n) is 2.95. The highest BCUT2D eigenvalue weighted by Gasteiger charge is 2.28. The number of amides is 1. The molecule has 22 heavy (non-hydrogen) atoms. The second-order valence-electron chi connectivity index (χ2n) is 6.79. The molecule has 0 aromatic carbocycles. The quantitative estimate of drug-likeness (QED) is 0.870. The van der Waals surface area contributed by atoms with Crippen LogP contribution in [0.15, 0.2) is 18.3 Å². The monoisotopic (exact) mass is 302 g/mol. The van der Waals surface area contributed by atoms with E-state index in [4.69, 9.17) is 5.73 Å². The number of carbonyl (C=O) groups is 1. The zero-order valence-electron chi connectivity index (χ0n) is 13.3. The second-order valence-corrected chi connectivity index (χ2v) is 6.79. The Labute approximate surface area is 132 Å². The van der Waals surface area contributed by atoms with E-state index in [0.717, 1.165) is 24.8 Å². The van der Waals surface area contributed by atoms with Crippen molar-refractivity contribution in [2.75, 3.05) is 24.5 Å². The molecule has 1 aliphatic heterocycles. The van der Waals surface area contributed by atoms with Crippen LogP contribution in [-0.2, 0) is 0 Å². The Hall–Kier alpha value is -1.62. The van der Waals surface area contributed by atoms with Gasteiger partial charge < -0.3 is 16.0 Å². The molecule has 2 fully saturated rings. The molecule has 1 saturated carbocycles. The first-order valence-corrected chi connectivity index (χ1v) is 8.38. The van der Waals surface area contributed by atoms with E-state index in [0.29, 0.717) is 18.0 Å². The first kappa shape index (κ1) is 15.3. The average molecular weight is 302 g/mol.